The van der Waals surface area contributed by atoms with Gasteiger partial charge in [-0.05, 0) is 43.0 Å². The molecule has 0 fully saturated rings. The van der Waals surface area contributed by atoms with Crippen LogP contribution in [0.1, 0.15) is 57.0 Å². The summed E-state index contributed by atoms with van der Waals surface area (Å²) in [5.74, 6) is -0.911. The number of carbonyl (C=O) groups excluding carboxylic acids is 3. The smallest absolute Gasteiger partial charge is 0.261 e. The highest BCUT2D eigenvalue weighted by Crippen LogP contribution is 2.27. The summed E-state index contributed by atoms with van der Waals surface area (Å²) < 4.78 is 0. The molecule has 0 saturated heterocycles. The minimum atomic E-state index is -0.336. The lowest BCUT2D eigenvalue weighted by atomic mass is 10.1. The number of hydrogen-bond donors (Lipinski definition) is 2. The summed E-state index contributed by atoms with van der Waals surface area (Å²) in [5, 5.41) is 4.88. The van der Waals surface area contributed by atoms with Crippen LogP contribution in [0.25, 0.3) is 10.6 Å². The zero-order valence-electron chi connectivity index (χ0n) is 16.8. The number of hydrogen-bond acceptors (Lipinski definition) is 5. The van der Waals surface area contributed by atoms with Crippen LogP contribution in [0, 0.1) is 0 Å². The number of imide groups is 1. The Morgan fingerprint density at radius 2 is 2.03 bits per heavy atom. The second-order valence-electron chi connectivity index (χ2n) is 7.21. The van der Waals surface area contributed by atoms with Crippen LogP contribution in [-0.4, -0.2) is 45.2 Å². The fourth-order valence-corrected chi connectivity index (χ4v) is 4.27. The maximum Gasteiger partial charge on any atom is 0.261 e. The number of fused-ring (bicyclic) bond motifs is 1. The standard InChI is InChI=1S/C22H22N4O3S/c1-3-13(2)26-21(28)15-7-6-14(11-16(15)22(26)29)20(27)23-9-8-17-19(25-12-24-17)18-5-4-10-30-18/h4-7,10-13H,3,8-9H2,1-2H3,(H,23,27)(H,24,25). The largest absolute Gasteiger partial charge is 0.352 e. The van der Waals surface area contributed by atoms with E-state index in [2.05, 4.69) is 15.3 Å². The Kier molecular flexibility index (Phi) is 5.50. The van der Waals surface area contributed by atoms with Crippen molar-refractivity contribution in [3.05, 3.63) is 64.4 Å². The summed E-state index contributed by atoms with van der Waals surface area (Å²) >= 11 is 1.61. The number of nitrogens with zero attached hydrogens (tertiary/aromatic N) is 2. The normalized spacial score (nSPS) is 14.1. The predicted molar refractivity (Wildman–Crippen MR) is 115 cm³/mol. The number of imidazole rings is 1. The summed E-state index contributed by atoms with van der Waals surface area (Å²) in [4.78, 5) is 47.6. The molecular weight excluding hydrogens is 400 g/mol. The second kappa shape index (κ2) is 8.23. The van der Waals surface area contributed by atoms with E-state index < -0.39 is 0 Å². The molecule has 0 saturated carbocycles. The van der Waals surface area contributed by atoms with Gasteiger partial charge in [0.2, 0.25) is 0 Å². The minimum absolute atomic E-state index is 0.179. The van der Waals surface area contributed by atoms with E-state index in [9.17, 15) is 14.4 Å². The van der Waals surface area contributed by atoms with Gasteiger partial charge in [0.15, 0.2) is 0 Å². The number of aromatic nitrogens is 2. The van der Waals surface area contributed by atoms with Gasteiger partial charge in [-0.3, -0.25) is 19.3 Å². The van der Waals surface area contributed by atoms with E-state index in [0.29, 0.717) is 36.1 Å². The Bertz CT molecular complexity index is 1100. The topological polar surface area (TPSA) is 95.2 Å². The van der Waals surface area contributed by atoms with E-state index >= 15 is 0 Å². The number of amides is 3. The number of aromatic amines is 1. The highest BCUT2D eigenvalue weighted by Gasteiger charge is 2.38. The van der Waals surface area contributed by atoms with Crippen LogP contribution >= 0.6 is 11.3 Å². The average molecular weight is 423 g/mol. The molecule has 2 aromatic heterocycles. The first-order chi connectivity index (χ1) is 14.5. The average Bonchev–Trinajstić information content (AvgIpc) is 3.48. The number of rotatable bonds is 7. The van der Waals surface area contributed by atoms with Gasteiger partial charge in [-0.15, -0.1) is 11.3 Å². The van der Waals surface area contributed by atoms with Crippen molar-refractivity contribution < 1.29 is 14.4 Å². The van der Waals surface area contributed by atoms with Crippen molar-refractivity contribution in [3.63, 3.8) is 0 Å². The Morgan fingerprint density at radius 1 is 1.23 bits per heavy atom. The molecule has 3 heterocycles. The van der Waals surface area contributed by atoms with Crippen molar-refractivity contribution in [1.29, 1.82) is 0 Å². The first kappa shape index (κ1) is 20.0. The number of carbonyl (C=O) groups is 3. The third-order valence-corrected chi connectivity index (χ3v) is 6.22. The third-order valence-electron chi connectivity index (χ3n) is 5.35. The van der Waals surface area contributed by atoms with Crippen molar-refractivity contribution >= 4 is 29.1 Å². The molecule has 0 bridgehead atoms. The first-order valence-electron chi connectivity index (χ1n) is 9.87. The monoisotopic (exact) mass is 422 g/mol. The molecule has 8 heteroatoms. The van der Waals surface area contributed by atoms with Gasteiger partial charge in [0.05, 0.1) is 22.3 Å². The van der Waals surface area contributed by atoms with Gasteiger partial charge in [-0.1, -0.05) is 13.0 Å². The van der Waals surface area contributed by atoms with E-state index in [-0.39, 0.29) is 23.8 Å². The SMILES string of the molecule is CCC(C)N1C(=O)c2ccc(C(=O)NCCc3[nH]cnc3-c3cccs3)cc2C1=O. The highest BCUT2D eigenvalue weighted by molar-refractivity contribution is 7.13. The summed E-state index contributed by atoms with van der Waals surface area (Å²) in [6, 6.07) is 8.47. The van der Waals surface area contributed by atoms with Crippen LogP contribution in [0.5, 0.6) is 0 Å². The van der Waals surface area contributed by atoms with E-state index in [1.165, 1.54) is 11.0 Å². The van der Waals surface area contributed by atoms with Crippen LogP contribution in [0.3, 0.4) is 0 Å². The molecule has 1 aromatic carbocycles. The molecule has 0 aliphatic carbocycles. The fourth-order valence-electron chi connectivity index (χ4n) is 3.52. The van der Waals surface area contributed by atoms with Crippen LogP contribution < -0.4 is 5.32 Å². The third kappa shape index (κ3) is 3.54. The van der Waals surface area contributed by atoms with E-state index in [1.54, 1.807) is 29.8 Å². The maximum absolute atomic E-state index is 12.7. The zero-order chi connectivity index (χ0) is 21.3. The molecule has 1 aliphatic heterocycles. The Morgan fingerprint density at radius 3 is 2.77 bits per heavy atom. The van der Waals surface area contributed by atoms with Gasteiger partial charge in [0.1, 0.15) is 5.69 Å². The number of H-pyrrole nitrogens is 1. The van der Waals surface area contributed by atoms with Crippen molar-refractivity contribution in [1.82, 2.24) is 20.2 Å². The van der Waals surface area contributed by atoms with Gasteiger partial charge >= 0.3 is 0 Å². The van der Waals surface area contributed by atoms with E-state index in [1.807, 2.05) is 31.4 Å². The summed E-state index contributed by atoms with van der Waals surface area (Å²) in [6.45, 7) is 4.19. The molecule has 1 atom stereocenters. The molecule has 3 amide bonds. The lowest BCUT2D eigenvalue weighted by Crippen LogP contribution is -2.37. The summed E-state index contributed by atoms with van der Waals surface area (Å²) in [7, 11) is 0. The number of nitrogens with one attached hydrogen (secondary N) is 2. The molecule has 154 valence electrons. The van der Waals surface area contributed by atoms with Gasteiger partial charge in [0.25, 0.3) is 17.7 Å². The van der Waals surface area contributed by atoms with Crippen LogP contribution in [0.2, 0.25) is 0 Å². The molecule has 1 unspecified atom stereocenters. The highest BCUT2D eigenvalue weighted by atomic mass is 32.1. The summed E-state index contributed by atoms with van der Waals surface area (Å²) in [5.41, 5.74) is 2.86. The van der Waals surface area contributed by atoms with Crippen molar-refractivity contribution in [2.45, 2.75) is 32.7 Å². The fraction of sp³-hybridized carbons (Fsp3) is 0.273. The van der Waals surface area contributed by atoms with Crippen LogP contribution in [0.15, 0.2) is 42.0 Å². The molecule has 0 spiro atoms. The van der Waals surface area contributed by atoms with Crippen molar-refractivity contribution in [2.24, 2.45) is 0 Å². The zero-order valence-corrected chi connectivity index (χ0v) is 17.6. The number of thiophene rings is 1. The molecule has 3 aromatic rings. The lowest BCUT2D eigenvalue weighted by molar-refractivity contribution is 0.0593. The molecule has 4 rings (SSSR count). The maximum atomic E-state index is 12.7. The Labute approximate surface area is 178 Å². The first-order valence-corrected chi connectivity index (χ1v) is 10.8. The van der Waals surface area contributed by atoms with E-state index in [4.69, 9.17) is 0 Å². The summed E-state index contributed by atoms with van der Waals surface area (Å²) in [6.07, 6.45) is 2.93. The van der Waals surface area contributed by atoms with Gasteiger partial charge in [0, 0.05) is 30.3 Å². The molecule has 7 nitrogen and oxygen atoms in total. The molecule has 30 heavy (non-hydrogen) atoms. The van der Waals surface area contributed by atoms with Crippen LogP contribution in [-0.2, 0) is 6.42 Å². The van der Waals surface area contributed by atoms with Gasteiger partial charge < -0.3 is 10.3 Å². The molecule has 2 N–H and O–H groups in total. The Balaban J connectivity index is 1.43. The van der Waals surface area contributed by atoms with Gasteiger partial charge in [-0.2, -0.15) is 0 Å². The Hall–Kier alpha value is -3.26. The predicted octanol–water partition coefficient (Wildman–Crippen LogP) is 3.51. The molecular formula is C22H22N4O3S. The quantitative estimate of drug-likeness (QED) is 0.570. The van der Waals surface area contributed by atoms with Gasteiger partial charge in [-0.25, -0.2) is 4.98 Å². The molecule has 1 aliphatic rings. The minimum Gasteiger partial charge on any atom is -0.352 e. The second-order valence-corrected chi connectivity index (χ2v) is 8.16. The number of benzene rings is 1. The van der Waals surface area contributed by atoms with Crippen molar-refractivity contribution in [2.75, 3.05) is 6.54 Å². The van der Waals surface area contributed by atoms with Crippen molar-refractivity contribution in [3.8, 4) is 10.6 Å². The van der Waals surface area contributed by atoms with E-state index in [0.717, 1.165) is 16.3 Å². The lowest BCUT2D eigenvalue weighted by Gasteiger charge is -2.20. The molecule has 0 radical (unpaired) electrons. The van der Waals surface area contributed by atoms with Crippen LogP contribution in [0.4, 0.5) is 0 Å².